The highest BCUT2D eigenvalue weighted by Gasteiger charge is 2.14. The second kappa shape index (κ2) is 8.91. The van der Waals surface area contributed by atoms with Gasteiger partial charge in [-0.2, -0.15) is 0 Å². The maximum atomic E-state index is 12.5. The number of aromatic amines is 2. The van der Waals surface area contributed by atoms with Gasteiger partial charge in [0, 0.05) is 28.3 Å². The van der Waals surface area contributed by atoms with Gasteiger partial charge in [-0.1, -0.05) is 36.7 Å². The van der Waals surface area contributed by atoms with E-state index in [9.17, 15) is 9.90 Å². The Morgan fingerprint density at radius 1 is 1.23 bits per heavy atom. The number of hydrogen-bond acceptors (Lipinski definition) is 4. The summed E-state index contributed by atoms with van der Waals surface area (Å²) in [6.45, 7) is 2.04. The minimum atomic E-state index is -0.488. The van der Waals surface area contributed by atoms with Gasteiger partial charge in [-0.3, -0.25) is 19.3 Å². The van der Waals surface area contributed by atoms with E-state index in [1.165, 1.54) is 10.8 Å². The van der Waals surface area contributed by atoms with E-state index in [1.54, 1.807) is 24.3 Å². The van der Waals surface area contributed by atoms with Gasteiger partial charge < -0.3 is 10.1 Å². The van der Waals surface area contributed by atoms with Crippen LogP contribution in [0.5, 0.6) is 5.88 Å². The first-order chi connectivity index (χ1) is 15.0. The summed E-state index contributed by atoms with van der Waals surface area (Å²) in [5.41, 5.74) is 2.40. The molecule has 1 atom stereocenters. The van der Waals surface area contributed by atoms with Gasteiger partial charge in [-0.25, -0.2) is 0 Å². The van der Waals surface area contributed by atoms with Crippen molar-refractivity contribution < 1.29 is 5.11 Å². The van der Waals surface area contributed by atoms with E-state index in [0.717, 1.165) is 22.9 Å². The molecule has 0 bridgehead atoms. The van der Waals surface area contributed by atoms with Gasteiger partial charge >= 0.3 is 0 Å². The number of para-hydroxylation sites is 1. The average molecular weight is 453 g/mol. The van der Waals surface area contributed by atoms with Crippen molar-refractivity contribution in [3.8, 4) is 11.6 Å². The second-order valence-electron chi connectivity index (χ2n) is 7.21. The number of rotatable bonds is 6. The molecule has 0 aliphatic carbocycles. The maximum Gasteiger partial charge on any atom is 0.264 e. The Hall–Kier alpha value is -3.16. The van der Waals surface area contributed by atoms with Gasteiger partial charge in [-0.15, -0.1) is 0 Å². The fourth-order valence-corrected chi connectivity index (χ4v) is 3.93. The summed E-state index contributed by atoms with van der Waals surface area (Å²) in [7, 11) is 0. The lowest BCUT2D eigenvalue weighted by Gasteiger charge is -2.12. The normalized spacial score (nSPS) is 12.6. The van der Waals surface area contributed by atoms with E-state index < -0.39 is 5.56 Å². The minimum Gasteiger partial charge on any atom is -0.494 e. The standard InChI is InChI=1S/C23H21ClN4O2S/c1-2-16(11-14-12-26-20-6-4-3-5-18(14)20)25-13-19-21(29)27-23(31)28(22(19)30)17-9-7-15(24)8-10-17/h3-10,12-13,16,26,30H,2,11H2,1H3,(H,27,29,31). The third kappa shape index (κ3) is 4.33. The van der Waals surface area contributed by atoms with Gasteiger partial charge in [-0.05, 0) is 61.0 Å². The summed E-state index contributed by atoms with van der Waals surface area (Å²) in [4.78, 5) is 23.0. The molecule has 0 saturated heterocycles. The topological polar surface area (TPSA) is 86.2 Å². The molecule has 6 nitrogen and oxygen atoms in total. The van der Waals surface area contributed by atoms with Crippen molar-refractivity contribution in [3.05, 3.63) is 86.0 Å². The van der Waals surface area contributed by atoms with Crippen molar-refractivity contribution >= 4 is 40.9 Å². The van der Waals surface area contributed by atoms with Crippen molar-refractivity contribution in [2.24, 2.45) is 4.99 Å². The molecule has 1 unspecified atom stereocenters. The maximum absolute atomic E-state index is 12.5. The molecule has 3 N–H and O–H groups in total. The monoisotopic (exact) mass is 452 g/mol. The highest BCUT2D eigenvalue weighted by molar-refractivity contribution is 7.71. The van der Waals surface area contributed by atoms with Crippen molar-refractivity contribution in [1.82, 2.24) is 14.5 Å². The number of aliphatic imine (C=N–C) groups is 1. The van der Waals surface area contributed by atoms with Gasteiger partial charge in [0.1, 0.15) is 5.56 Å². The Morgan fingerprint density at radius 2 is 1.97 bits per heavy atom. The van der Waals surface area contributed by atoms with E-state index in [0.29, 0.717) is 17.1 Å². The van der Waals surface area contributed by atoms with Crippen molar-refractivity contribution in [1.29, 1.82) is 0 Å². The first-order valence-electron chi connectivity index (χ1n) is 9.90. The zero-order valence-corrected chi connectivity index (χ0v) is 18.4. The Kier molecular flexibility index (Phi) is 6.06. The van der Waals surface area contributed by atoms with Crippen LogP contribution in [0.2, 0.25) is 5.02 Å². The highest BCUT2D eigenvalue weighted by atomic mass is 35.5. The smallest absolute Gasteiger partial charge is 0.264 e. The summed E-state index contributed by atoms with van der Waals surface area (Å²) < 4.78 is 1.47. The highest BCUT2D eigenvalue weighted by Crippen LogP contribution is 2.22. The molecule has 4 rings (SSSR count). The summed E-state index contributed by atoms with van der Waals surface area (Å²) >= 11 is 11.2. The second-order valence-corrected chi connectivity index (χ2v) is 8.04. The van der Waals surface area contributed by atoms with Gasteiger partial charge in [0.05, 0.1) is 11.7 Å². The largest absolute Gasteiger partial charge is 0.494 e. The first-order valence-corrected chi connectivity index (χ1v) is 10.7. The predicted molar refractivity (Wildman–Crippen MR) is 128 cm³/mol. The number of halogens is 1. The van der Waals surface area contributed by atoms with Crippen LogP contribution >= 0.6 is 23.8 Å². The molecular formula is C23H21ClN4O2S. The molecule has 2 heterocycles. The van der Waals surface area contributed by atoms with Gasteiger partial charge in [0.2, 0.25) is 5.88 Å². The summed E-state index contributed by atoms with van der Waals surface area (Å²) in [6.07, 6.45) is 4.92. The molecule has 0 spiro atoms. The van der Waals surface area contributed by atoms with Crippen LogP contribution < -0.4 is 5.56 Å². The molecular weight excluding hydrogens is 432 g/mol. The van der Waals surface area contributed by atoms with E-state index in [2.05, 4.69) is 21.0 Å². The van der Waals surface area contributed by atoms with Crippen molar-refractivity contribution in [2.75, 3.05) is 0 Å². The molecule has 4 aromatic rings. The SMILES string of the molecule is CCC(Cc1c[nH]c2ccccc12)N=Cc1c(O)n(-c2ccc(Cl)cc2)c(=S)[nH]c1=O. The van der Waals surface area contributed by atoms with Crippen LogP contribution in [-0.2, 0) is 6.42 Å². The summed E-state index contributed by atoms with van der Waals surface area (Å²) in [6, 6.07) is 14.9. The van der Waals surface area contributed by atoms with Crippen LogP contribution in [0.15, 0.2) is 64.5 Å². The third-order valence-corrected chi connectivity index (χ3v) is 5.76. The van der Waals surface area contributed by atoms with Crippen molar-refractivity contribution in [3.63, 3.8) is 0 Å². The minimum absolute atomic E-state index is 0.0508. The van der Waals surface area contributed by atoms with Gasteiger partial charge in [0.15, 0.2) is 4.77 Å². The molecule has 2 aromatic carbocycles. The molecule has 2 aromatic heterocycles. The number of fused-ring (bicyclic) bond motifs is 1. The van der Waals surface area contributed by atoms with E-state index in [4.69, 9.17) is 23.8 Å². The van der Waals surface area contributed by atoms with Crippen LogP contribution in [0.1, 0.15) is 24.5 Å². The lowest BCUT2D eigenvalue weighted by molar-refractivity contribution is 0.432. The lowest BCUT2D eigenvalue weighted by Crippen LogP contribution is -2.19. The number of benzene rings is 2. The summed E-state index contributed by atoms with van der Waals surface area (Å²) in [5.74, 6) is -0.262. The number of nitrogens with zero attached hydrogens (tertiary/aromatic N) is 2. The third-order valence-electron chi connectivity index (χ3n) is 5.22. The quantitative estimate of drug-likeness (QED) is 0.278. The van der Waals surface area contributed by atoms with Crippen LogP contribution in [0.4, 0.5) is 0 Å². The zero-order valence-electron chi connectivity index (χ0n) is 16.8. The molecule has 0 aliphatic heterocycles. The van der Waals surface area contributed by atoms with E-state index >= 15 is 0 Å². The Balaban J connectivity index is 1.67. The zero-order chi connectivity index (χ0) is 22.0. The number of nitrogens with one attached hydrogen (secondary N) is 2. The van der Waals surface area contributed by atoms with Crippen LogP contribution in [0, 0.1) is 4.77 Å². The molecule has 0 fully saturated rings. The fraction of sp³-hybridized carbons (Fsp3) is 0.174. The summed E-state index contributed by atoms with van der Waals surface area (Å²) in [5, 5.41) is 12.5. The predicted octanol–water partition coefficient (Wildman–Crippen LogP) is 5.18. The van der Waals surface area contributed by atoms with Crippen LogP contribution in [0.25, 0.3) is 16.6 Å². The Morgan fingerprint density at radius 3 is 2.71 bits per heavy atom. The van der Waals surface area contributed by atoms with Gasteiger partial charge in [0.25, 0.3) is 5.56 Å². The van der Waals surface area contributed by atoms with Crippen molar-refractivity contribution in [2.45, 2.75) is 25.8 Å². The lowest BCUT2D eigenvalue weighted by atomic mass is 10.0. The molecule has 8 heteroatoms. The fourth-order valence-electron chi connectivity index (χ4n) is 3.52. The number of H-pyrrole nitrogens is 2. The molecule has 0 radical (unpaired) electrons. The Bertz CT molecular complexity index is 1370. The molecule has 158 valence electrons. The first kappa shape index (κ1) is 21.1. The molecule has 0 saturated carbocycles. The molecule has 0 amide bonds. The van der Waals surface area contributed by atoms with E-state index in [-0.39, 0.29) is 22.3 Å². The Labute approximate surface area is 188 Å². The molecule has 31 heavy (non-hydrogen) atoms. The number of aromatic hydroxyl groups is 1. The van der Waals surface area contributed by atoms with Crippen LogP contribution in [-0.4, -0.2) is 31.9 Å². The number of aromatic nitrogens is 3. The average Bonchev–Trinajstić information content (AvgIpc) is 3.16. The van der Waals surface area contributed by atoms with E-state index in [1.807, 2.05) is 31.3 Å². The number of hydrogen-bond donors (Lipinski definition) is 3. The molecule has 0 aliphatic rings. The van der Waals surface area contributed by atoms with Crippen LogP contribution in [0.3, 0.4) is 0 Å².